The van der Waals surface area contributed by atoms with Crippen LogP contribution in [0, 0.1) is 5.82 Å². The highest BCUT2D eigenvalue weighted by Gasteiger charge is 2.17. The SMILES string of the molecule is CCC(CC)N(C)Cc1cc(F)cc(C(C)=O)c1O. The van der Waals surface area contributed by atoms with Gasteiger partial charge < -0.3 is 5.11 Å². The number of nitrogens with zero attached hydrogens (tertiary/aromatic N) is 1. The van der Waals surface area contributed by atoms with Crippen LogP contribution in [0.4, 0.5) is 4.39 Å². The minimum absolute atomic E-state index is 0.0490. The van der Waals surface area contributed by atoms with E-state index in [1.807, 2.05) is 7.05 Å². The summed E-state index contributed by atoms with van der Waals surface area (Å²) in [6.07, 6.45) is 1.98. The lowest BCUT2D eigenvalue weighted by molar-refractivity contribution is 0.101. The first-order valence-corrected chi connectivity index (χ1v) is 6.63. The highest BCUT2D eigenvalue weighted by molar-refractivity contribution is 5.97. The van der Waals surface area contributed by atoms with Crippen molar-refractivity contribution in [2.24, 2.45) is 0 Å². The molecule has 0 atom stereocenters. The molecule has 0 saturated carbocycles. The Balaban J connectivity index is 3.04. The molecule has 0 radical (unpaired) electrons. The zero-order valence-corrected chi connectivity index (χ0v) is 12.0. The first-order chi connectivity index (χ1) is 8.90. The quantitative estimate of drug-likeness (QED) is 0.803. The standard InChI is InChI=1S/C15H22FNO2/c1-5-13(6-2)17(4)9-11-7-12(16)8-14(10(3)18)15(11)19/h7-8,13,19H,5-6,9H2,1-4H3. The van der Waals surface area contributed by atoms with Crippen LogP contribution in [-0.4, -0.2) is 28.9 Å². The van der Waals surface area contributed by atoms with Crippen LogP contribution in [-0.2, 0) is 6.54 Å². The Labute approximate surface area is 114 Å². The Morgan fingerprint density at radius 2 is 1.95 bits per heavy atom. The van der Waals surface area contributed by atoms with E-state index in [0.717, 1.165) is 18.9 Å². The third-order valence-corrected chi connectivity index (χ3v) is 3.52. The topological polar surface area (TPSA) is 40.5 Å². The average molecular weight is 267 g/mol. The molecule has 0 aromatic heterocycles. The van der Waals surface area contributed by atoms with Gasteiger partial charge in [0.05, 0.1) is 5.56 Å². The van der Waals surface area contributed by atoms with Crippen molar-refractivity contribution in [2.75, 3.05) is 7.05 Å². The first kappa shape index (κ1) is 15.6. The average Bonchev–Trinajstić information content (AvgIpc) is 2.34. The first-order valence-electron chi connectivity index (χ1n) is 6.63. The van der Waals surface area contributed by atoms with Crippen LogP contribution in [0.5, 0.6) is 5.75 Å². The third kappa shape index (κ3) is 3.77. The van der Waals surface area contributed by atoms with E-state index in [2.05, 4.69) is 18.7 Å². The van der Waals surface area contributed by atoms with Crippen LogP contribution in [0.3, 0.4) is 0 Å². The monoisotopic (exact) mass is 267 g/mol. The summed E-state index contributed by atoms with van der Waals surface area (Å²) in [5.41, 5.74) is 0.507. The zero-order chi connectivity index (χ0) is 14.6. The minimum atomic E-state index is -0.490. The molecule has 0 aliphatic carbocycles. The molecule has 0 saturated heterocycles. The number of ketones is 1. The van der Waals surface area contributed by atoms with Crippen molar-refractivity contribution in [1.82, 2.24) is 4.90 Å². The molecule has 0 heterocycles. The van der Waals surface area contributed by atoms with Gasteiger partial charge >= 0.3 is 0 Å². The molecule has 0 bridgehead atoms. The van der Waals surface area contributed by atoms with Gasteiger partial charge in [0.1, 0.15) is 11.6 Å². The number of carbonyl (C=O) groups is 1. The smallest absolute Gasteiger partial charge is 0.163 e. The van der Waals surface area contributed by atoms with E-state index in [-0.39, 0.29) is 17.1 Å². The molecular formula is C15H22FNO2. The second kappa shape index (κ2) is 6.66. The molecule has 106 valence electrons. The molecular weight excluding hydrogens is 245 g/mol. The summed E-state index contributed by atoms with van der Waals surface area (Å²) in [5.74, 6) is -0.925. The number of halogens is 1. The number of phenols is 1. The number of Topliss-reactive ketones (excluding diaryl/α,β-unsaturated/α-hetero) is 1. The number of aromatic hydroxyl groups is 1. The van der Waals surface area contributed by atoms with Crippen LogP contribution in [0.25, 0.3) is 0 Å². The van der Waals surface area contributed by atoms with Gasteiger partial charge in [-0.2, -0.15) is 0 Å². The molecule has 19 heavy (non-hydrogen) atoms. The largest absolute Gasteiger partial charge is 0.507 e. The van der Waals surface area contributed by atoms with Gasteiger partial charge in [0, 0.05) is 18.2 Å². The highest BCUT2D eigenvalue weighted by Crippen LogP contribution is 2.26. The van der Waals surface area contributed by atoms with E-state index in [1.165, 1.54) is 13.0 Å². The van der Waals surface area contributed by atoms with Gasteiger partial charge in [-0.05, 0) is 38.9 Å². The molecule has 0 aliphatic rings. The molecule has 4 heteroatoms. The maximum Gasteiger partial charge on any atom is 0.163 e. The Hall–Kier alpha value is -1.42. The minimum Gasteiger partial charge on any atom is -0.507 e. The molecule has 1 rings (SSSR count). The number of hydrogen-bond donors (Lipinski definition) is 1. The van der Waals surface area contributed by atoms with Crippen LogP contribution in [0.15, 0.2) is 12.1 Å². The van der Waals surface area contributed by atoms with Gasteiger partial charge in [0.25, 0.3) is 0 Å². The number of hydrogen-bond acceptors (Lipinski definition) is 3. The van der Waals surface area contributed by atoms with Gasteiger partial charge in [-0.3, -0.25) is 9.69 Å². The van der Waals surface area contributed by atoms with E-state index in [4.69, 9.17) is 0 Å². The molecule has 3 nitrogen and oxygen atoms in total. The Kier molecular flexibility index (Phi) is 5.48. The Morgan fingerprint density at radius 3 is 2.42 bits per heavy atom. The van der Waals surface area contributed by atoms with Crippen molar-refractivity contribution in [1.29, 1.82) is 0 Å². The zero-order valence-electron chi connectivity index (χ0n) is 12.0. The van der Waals surface area contributed by atoms with Crippen molar-refractivity contribution in [3.63, 3.8) is 0 Å². The summed E-state index contributed by atoms with van der Waals surface area (Å²) < 4.78 is 13.5. The van der Waals surface area contributed by atoms with Crippen molar-refractivity contribution < 1.29 is 14.3 Å². The van der Waals surface area contributed by atoms with Gasteiger partial charge in [-0.1, -0.05) is 13.8 Å². The summed E-state index contributed by atoms with van der Waals surface area (Å²) in [7, 11) is 1.94. The van der Waals surface area contributed by atoms with Crippen molar-refractivity contribution in [2.45, 2.75) is 46.2 Å². The van der Waals surface area contributed by atoms with Crippen LogP contribution in [0.1, 0.15) is 49.5 Å². The molecule has 0 amide bonds. The predicted molar refractivity (Wildman–Crippen MR) is 73.9 cm³/mol. The van der Waals surface area contributed by atoms with Crippen molar-refractivity contribution in [3.8, 4) is 5.75 Å². The van der Waals surface area contributed by atoms with Crippen LogP contribution < -0.4 is 0 Å². The van der Waals surface area contributed by atoms with E-state index in [9.17, 15) is 14.3 Å². The maximum atomic E-state index is 13.5. The summed E-state index contributed by atoms with van der Waals surface area (Å²) in [6.45, 7) is 5.94. The number of rotatable bonds is 6. The maximum absolute atomic E-state index is 13.5. The highest BCUT2D eigenvalue weighted by atomic mass is 19.1. The van der Waals surface area contributed by atoms with E-state index < -0.39 is 5.82 Å². The van der Waals surface area contributed by atoms with E-state index in [1.54, 1.807) is 0 Å². The van der Waals surface area contributed by atoms with Crippen LogP contribution >= 0.6 is 0 Å². The lowest BCUT2D eigenvalue weighted by atomic mass is 10.0. The van der Waals surface area contributed by atoms with E-state index >= 15 is 0 Å². The molecule has 0 fully saturated rings. The molecule has 0 unspecified atom stereocenters. The fraction of sp³-hybridized carbons (Fsp3) is 0.533. The second-order valence-electron chi connectivity index (χ2n) is 4.90. The fourth-order valence-electron chi connectivity index (χ4n) is 2.35. The Bertz CT molecular complexity index is 456. The Morgan fingerprint density at radius 1 is 1.37 bits per heavy atom. The molecule has 0 aliphatic heterocycles. The second-order valence-corrected chi connectivity index (χ2v) is 4.90. The van der Waals surface area contributed by atoms with Crippen LogP contribution in [0.2, 0.25) is 0 Å². The molecule has 1 aromatic rings. The predicted octanol–water partition coefficient (Wildman–Crippen LogP) is 3.35. The fourth-order valence-corrected chi connectivity index (χ4v) is 2.35. The number of carbonyl (C=O) groups excluding carboxylic acids is 1. The summed E-state index contributed by atoms with van der Waals surface area (Å²) in [6, 6.07) is 2.75. The number of benzene rings is 1. The third-order valence-electron chi connectivity index (χ3n) is 3.52. The van der Waals surface area contributed by atoms with E-state index in [0.29, 0.717) is 18.2 Å². The van der Waals surface area contributed by atoms with Crippen molar-refractivity contribution >= 4 is 5.78 Å². The molecule has 0 spiro atoms. The van der Waals surface area contributed by atoms with Gasteiger partial charge in [-0.25, -0.2) is 4.39 Å². The lowest BCUT2D eigenvalue weighted by Crippen LogP contribution is -2.30. The summed E-state index contributed by atoms with van der Waals surface area (Å²) in [4.78, 5) is 13.4. The summed E-state index contributed by atoms with van der Waals surface area (Å²) in [5, 5.41) is 10.0. The molecule has 1 aromatic carbocycles. The summed E-state index contributed by atoms with van der Waals surface area (Å²) >= 11 is 0. The van der Waals surface area contributed by atoms with Gasteiger partial charge in [0.15, 0.2) is 5.78 Å². The van der Waals surface area contributed by atoms with Gasteiger partial charge in [-0.15, -0.1) is 0 Å². The lowest BCUT2D eigenvalue weighted by Gasteiger charge is -2.26. The number of phenolic OH excluding ortho intramolecular Hbond substituents is 1. The van der Waals surface area contributed by atoms with Gasteiger partial charge in [0.2, 0.25) is 0 Å². The molecule has 1 N–H and O–H groups in total. The normalized spacial score (nSPS) is 11.3. The van der Waals surface area contributed by atoms with Crippen molar-refractivity contribution in [3.05, 3.63) is 29.1 Å².